The van der Waals surface area contributed by atoms with Crippen molar-refractivity contribution in [2.75, 3.05) is 20.3 Å². The monoisotopic (exact) mass is 248 g/mol. The topological polar surface area (TPSA) is 65.0 Å². The molecule has 0 aliphatic rings. The van der Waals surface area contributed by atoms with Gasteiger partial charge in [0.1, 0.15) is 0 Å². The first-order valence-corrected chi connectivity index (χ1v) is 6.14. The molecule has 2 unspecified atom stereocenters. The minimum absolute atomic E-state index is 0.138. The quantitative estimate of drug-likeness (QED) is 0.475. The Morgan fingerprint density at radius 3 is 2.35 bits per heavy atom. The van der Waals surface area contributed by atoms with Crippen LogP contribution in [-0.4, -0.2) is 43.8 Å². The first-order chi connectivity index (χ1) is 8.13. The summed E-state index contributed by atoms with van der Waals surface area (Å²) in [5.74, 6) is 0. The molecule has 0 rings (SSSR count). The Bertz CT molecular complexity index is 191. The van der Waals surface area contributed by atoms with E-state index in [9.17, 15) is 4.79 Å². The molecule has 0 amide bonds. The van der Waals surface area contributed by atoms with Crippen LogP contribution in [0, 0.1) is 0 Å². The molecule has 0 aromatic heterocycles. The van der Waals surface area contributed by atoms with Gasteiger partial charge in [0.05, 0.1) is 25.4 Å². The molecular weight excluding hydrogens is 224 g/mol. The molecule has 17 heavy (non-hydrogen) atoms. The highest BCUT2D eigenvalue weighted by molar-refractivity contribution is 5.56. The predicted molar refractivity (Wildman–Crippen MR) is 64.3 cm³/mol. The number of hydrogen-bond acceptors (Lipinski definition) is 4. The fraction of sp³-hybridized carbons (Fsp3) is 0.917. The summed E-state index contributed by atoms with van der Waals surface area (Å²) < 4.78 is 15.4. The molecule has 0 fully saturated rings. The maximum Gasteiger partial charge on any atom is 0.505 e. The molecule has 102 valence electrons. The molecule has 0 spiro atoms. The first-order valence-electron chi connectivity index (χ1n) is 6.14. The molecule has 0 radical (unpaired) electrons. The van der Waals surface area contributed by atoms with Crippen molar-refractivity contribution in [3.05, 3.63) is 0 Å². The van der Waals surface area contributed by atoms with E-state index >= 15 is 0 Å². The fourth-order valence-corrected chi connectivity index (χ4v) is 1.47. The summed E-state index contributed by atoms with van der Waals surface area (Å²) in [5.41, 5.74) is 0. The lowest BCUT2D eigenvalue weighted by atomic mass is 10.1. The molecule has 5 heteroatoms. The number of rotatable bonds is 10. The van der Waals surface area contributed by atoms with Crippen molar-refractivity contribution in [3.8, 4) is 0 Å². The standard InChI is InChI=1S/C12H24O5/c1-4-10(7-6-8-16-12(13)14)17-9-11(5-2)15-3/h10-11H,4-9H2,1-3H3,(H,13,14). The van der Waals surface area contributed by atoms with Gasteiger partial charge in [-0.05, 0) is 25.7 Å². The maximum absolute atomic E-state index is 10.1. The Morgan fingerprint density at radius 1 is 1.24 bits per heavy atom. The van der Waals surface area contributed by atoms with Crippen molar-refractivity contribution in [2.45, 2.75) is 51.7 Å². The van der Waals surface area contributed by atoms with Crippen LogP contribution in [0.2, 0.25) is 0 Å². The first kappa shape index (κ1) is 16.2. The number of hydrogen-bond donors (Lipinski definition) is 1. The van der Waals surface area contributed by atoms with Crippen molar-refractivity contribution >= 4 is 6.16 Å². The van der Waals surface area contributed by atoms with Gasteiger partial charge >= 0.3 is 6.16 Å². The zero-order valence-electron chi connectivity index (χ0n) is 11.0. The molecular formula is C12H24O5. The van der Waals surface area contributed by atoms with Gasteiger partial charge in [0.15, 0.2) is 0 Å². The second-order valence-corrected chi connectivity index (χ2v) is 3.89. The molecule has 0 bridgehead atoms. The summed E-state index contributed by atoms with van der Waals surface area (Å²) in [6.45, 7) is 4.93. The molecule has 0 saturated heterocycles. The zero-order chi connectivity index (χ0) is 13.1. The van der Waals surface area contributed by atoms with Gasteiger partial charge < -0.3 is 19.3 Å². The average molecular weight is 248 g/mol. The number of methoxy groups -OCH3 is 1. The van der Waals surface area contributed by atoms with Crippen LogP contribution in [0.4, 0.5) is 4.79 Å². The maximum atomic E-state index is 10.1. The van der Waals surface area contributed by atoms with Crippen LogP contribution in [-0.2, 0) is 14.2 Å². The lowest BCUT2D eigenvalue weighted by Gasteiger charge is -2.19. The fourth-order valence-electron chi connectivity index (χ4n) is 1.47. The molecule has 5 nitrogen and oxygen atoms in total. The molecule has 0 aromatic carbocycles. The summed E-state index contributed by atoms with van der Waals surface area (Å²) in [4.78, 5) is 10.1. The second kappa shape index (κ2) is 10.4. The average Bonchev–Trinajstić information content (AvgIpc) is 2.32. The predicted octanol–water partition coefficient (Wildman–Crippen LogP) is 2.68. The van der Waals surface area contributed by atoms with Crippen LogP contribution in [0.3, 0.4) is 0 Å². The van der Waals surface area contributed by atoms with Crippen LogP contribution in [0.1, 0.15) is 39.5 Å². The van der Waals surface area contributed by atoms with Crippen molar-refractivity contribution < 1.29 is 24.1 Å². The van der Waals surface area contributed by atoms with Gasteiger partial charge in [0.25, 0.3) is 0 Å². The smallest absolute Gasteiger partial charge is 0.450 e. The highest BCUT2D eigenvalue weighted by Gasteiger charge is 2.11. The van der Waals surface area contributed by atoms with Crippen LogP contribution >= 0.6 is 0 Å². The summed E-state index contributed by atoms with van der Waals surface area (Å²) >= 11 is 0. The van der Waals surface area contributed by atoms with Crippen molar-refractivity contribution in [1.82, 2.24) is 0 Å². The Hall–Kier alpha value is -0.810. The van der Waals surface area contributed by atoms with E-state index in [0.717, 1.165) is 19.3 Å². The van der Waals surface area contributed by atoms with E-state index in [2.05, 4.69) is 18.6 Å². The SMILES string of the molecule is CCC(COC(CC)CCCOC(=O)O)OC. The zero-order valence-corrected chi connectivity index (χ0v) is 11.0. The van der Waals surface area contributed by atoms with Gasteiger partial charge in [-0.3, -0.25) is 0 Å². The normalized spacial score (nSPS) is 14.3. The highest BCUT2D eigenvalue weighted by atomic mass is 16.7. The number of carbonyl (C=O) groups is 1. The van der Waals surface area contributed by atoms with Crippen LogP contribution in [0.5, 0.6) is 0 Å². The van der Waals surface area contributed by atoms with Crippen LogP contribution in [0.25, 0.3) is 0 Å². The van der Waals surface area contributed by atoms with Crippen molar-refractivity contribution in [2.24, 2.45) is 0 Å². The summed E-state index contributed by atoms with van der Waals surface area (Å²) in [6.07, 6.45) is 2.40. The molecule has 0 aromatic rings. The third-order valence-corrected chi connectivity index (χ3v) is 2.66. The number of carboxylic acid groups (broad SMARTS) is 1. The molecule has 1 N–H and O–H groups in total. The van der Waals surface area contributed by atoms with E-state index in [0.29, 0.717) is 13.0 Å². The van der Waals surface area contributed by atoms with Gasteiger partial charge in [-0.1, -0.05) is 13.8 Å². The van der Waals surface area contributed by atoms with E-state index in [1.807, 2.05) is 0 Å². The number of ether oxygens (including phenoxy) is 3. The lowest BCUT2D eigenvalue weighted by molar-refractivity contribution is -0.0340. The van der Waals surface area contributed by atoms with Crippen LogP contribution < -0.4 is 0 Å². The molecule has 0 saturated carbocycles. The van der Waals surface area contributed by atoms with Gasteiger partial charge in [-0.2, -0.15) is 0 Å². The summed E-state index contributed by atoms with van der Waals surface area (Å²) in [5, 5.41) is 8.31. The third kappa shape index (κ3) is 8.94. The van der Waals surface area contributed by atoms with E-state index < -0.39 is 6.16 Å². The highest BCUT2D eigenvalue weighted by Crippen LogP contribution is 2.09. The molecule has 0 aliphatic carbocycles. The second-order valence-electron chi connectivity index (χ2n) is 3.89. The summed E-state index contributed by atoms with van der Waals surface area (Å²) in [6, 6.07) is 0. The minimum Gasteiger partial charge on any atom is -0.450 e. The Balaban J connectivity index is 3.65. The van der Waals surface area contributed by atoms with Gasteiger partial charge in [0, 0.05) is 7.11 Å². The Labute approximate surface area is 103 Å². The lowest BCUT2D eigenvalue weighted by Crippen LogP contribution is -2.23. The van der Waals surface area contributed by atoms with E-state index in [4.69, 9.17) is 14.6 Å². The van der Waals surface area contributed by atoms with E-state index in [1.54, 1.807) is 7.11 Å². The van der Waals surface area contributed by atoms with Gasteiger partial charge in [-0.15, -0.1) is 0 Å². The van der Waals surface area contributed by atoms with E-state index in [1.165, 1.54) is 0 Å². The van der Waals surface area contributed by atoms with E-state index in [-0.39, 0.29) is 18.8 Å². The largest absolute Gasteiger partial charge is 0.505 e. The summed E-state index contributed by atoms with van der Waals surface area (Å²) in [7, 11) is 1.68. The minimum atomic E-state index is -1.22. The molecule has 2 atom stereocenters. The Morgan fingerprint density at radius 2 is 1.88 bits per heavy atom. The van der Waals surface area contributed by atoms with Crippen LogP contribution in [0.15, 0.2) is 0 Å². The third-order valence-electron chi connectivity index (χ3n) is 2.66. The van der Waals surface area contributed by atoms with Crippen molar-refractivity contribution in [3.63, 3.8) is 0 Å². The van der Waals surface area contributed by atoms with Crippen molar-refractivity contribution in [1.29, 1.82) is 0 Å². The molecule has 0 aliphatic heterocycles. The van der Waals surface area contributed by atoms with Gasteiger partial charge in [-0.25, -0.2) is 4.79 Å². The Kier molecular flexibility index (Phi) is 9.86. The van der Waals surface area contributed by atoms with Gasteiger partial charge in [0.2, 0.25) is 0 Å². The molecule has 0 heterocycles.